The lowest BCUT2D eigenvalue weighted by Gasteiger charge is -2.35. The molecule has 0 amide bonds. The second-order valence-electron chi connectivity index (χ2n) is 5.61. The van der Waals surface area contributed by atoms with Gasteiger partial charge in [0.25, 0.3) is 0 Å². The molecule has 2 N–H and O–H groups in total. The summed E-state index contributed by atoms with van der Waals surface area (Å²) in [7, 11) is 0. The minimum absolute atomic E-state index is 0.108. The predicted molar refractivity (Wildman–Crippen MR) is 69.5 cm³/mol. The van der Waals surface area contributed by atoms with Crippen LogP contribution in [0, 0.1) is 11.3 Å². The highest BCUT2D eigenvalue weighted by Gasteiger charge is 2.28. The zero-order chi connectivity index (χ0) is 12.0. The number of aliphatic hydroxyl groups is 1. The first-order valence-electron chi connectivity index (χ1n) is 7.01. The number of aliphatic hydroxyl groups excluding tert-OH is 1. The maximum atomic E-state index is 9.53. The van der Waals surface area contributed by atoms with Crippen molar-refractivity contribution in [2.75, 3.05) is 13.2 Å². The Morgan fingerprint density at radius 3 is 2.31 bits per heavy atom. The van der Waals surface area contributed by atoms with Crippen LogP contribution >= 0.6 is 0 Å². The Balaban J connectivity index is 2.41. The van der Waals surface area contributed by atoms with E-state index in [4.69, 9.17) is 0 Å². The second kappa shape index (κ2) is 6.61. The Morgan fingerprint density at radius 2 is 1.81 bits per heavy atom. The van der Waals surface area contributed by atoms with E-state index in [1.165, 1.54) is 25.7 Å². The summed E-state index contributed by atoms with van der Waals surface area (Å²) < 4.78 is 0. The number of rotatable bonds is 6. The van der Waals surface area contributed by atoms with Crippen LogP contribution in [0.4, 0.5) is 0 Å². The summed E-state index contributed by atoms with van der Waals surface area (Å²) in [6.45, 7) is 8.02. The van der Waals surface area contributed by atoms with Crippen molar-refractivity contribution in [3.05, 3.63) is 0 Å². The average Bonchev–Trinajstić information content (AvgIpc) is 2.34. The SMILES string of the molecule is CCC(CC)(CO)CNC1CCCCC1C. The van der Waals surface area contributed by atoms with Gasteiger partial charge in [-0.15, -0.1) is 0 Å². The third-order valence-electron chi connectivity index (χ3n) is 4.69. The fraction of sp³-hybridized carbons (Fsp3) is 1.00. The summed E-state index contributed by atoms with van der Waals surface area (Å²) >= 11 is 0. The molecule has 0 aromatic heterocycles. The van der Waals surface area contributed by atoms with Gasteiger partial charge in [-0.25, -0.2) is 0 Å². The van der Waals surface area contributed by atoms with Gasteiger partial charge < -0.3 is 10.4 Å². The monoisotopic (exact) mass is 227 g/mol. The molecular formula is C14H29NO. The van der Waals surface area contributed by atoms with Crippen LogP contribution in [0.3, 0.4) is 0 Å². The van der Waals surface area contributed by atoms with Crippen molar-refractivity contribution in [1.82, 2.24) is 5.32 Å². The van der Waals surface area contributed by atoms with Crippen LogP contribution in [0.5, 0.6) is 0 Å². The quantitative estimate of drug-likeness (QED) is 0.731. The van der Waals surface area contributed by atoms with Crippen LogP contribution < -0.4 is 5.32 Å². The van der Waals surface area contributed by atoms with Gasteiger partial charge in [0.2, 0.25) is 0 Å². The summed E-state index contributed by atoms with van der Waals surface area (Å²) in [5, 5.41) is 13.2. The van der Waals surface area contributed by atoms with E-state index in [-0.39, 0.29) is 5.41 Å². The number of hydrogen-bond donors (Lipinski definition) is 2. The number of hydrogen-bond acceptors (Lipinski definition) is 2. The average molecular weight is 227 g/mol. The first-order chi connectivity index (χ1) is 7.67. The van der Waals surface area contributed by atoms with Gasteiger partial charge in [-0.1, -0.05) is 33.6 Å². The van der Waals surface area contributed by atoms with Crippen molar-refractivity contribution in [1.29, 1.82) is 0 Å². The number of nitrogens with one attached hydrogen (secondary N) is 1. The second-order valence-corrected chi connectivity index (χ2v) is 5.61. The fourth-order valence-electron chi connectivity index (χ4n) is 2.75. The molecule has 96 valence electrons. The smallest absolute Gasteiger partial charge is 0.0499 e. The van der Waals surface area contributed by atoms with Crippen LogP contribution in [0.25, 0.3) is 0 Å². The third kappa shape index (κ3) is 3.46. The molecule has 1 aliphatic rings. The lowest BCUT2D eigenvalue weighted by atomic mass is 9.81. The first kappa shape index (κ1) is 14.0. The molecule has 16 heavy (non-hydrogen) atoms. The normalized spacial score (nSPS) is 27.0. The Bertz CT molecular complexity index is 181. The van der Waals surface area contributed by atoms with Crippen molar-refractivity contribution in [3.8, 4) is 0 Å². The van der Waals surface area contributed by atoms with E-state index >= 15 is 0 Å². The van der Waals surface area contributed by atoms with Crippen LogP contribution in [0.15, 0.2) is 0 Å². The molecule has 1 rings (SSSR count). The summed E-state index contributed by atoms with van der Waals surface area (Å²) in [5.74, 6) is 0.804. The van der Waals surface area contributed by atoms with E-state index in [1.54, 1.807) is 0 Å². The predicted octanol–water partition coefficient (Wildman–Crippen LogP) is 2.95. The zero-order valence-electron chi connectivity index (χ0n) is 11.3. The van der Waals surface area contributed by atoms with Gasteiger partial charge in [0, 0.05) is 24.6 Å². The van der Waals surface area contributed by atoms with Gasteiger partial charge in [0.05, 0.1) is 0 Å². The molecule has 2 nitrogen and oxygen atoms in total. The van der Waals surface area contributed by atoms with Gasteiger partial charge in [-0.05, 0) is 31.6 Å². The zero-order valence-corrected chi connectivity index (χ0v) is 11.3. The molecule has 1 saturated carbocycles. The van der Waals surface area contributed by atoms with Crippen LogP contribution in [-0.4, -0.2) is 24.3 Å². The molecule has 0 spiro atoms. The van der Waals surface area contributed by atoms with Gasteiger partial charge in [-0.2, -0.15) is 0 Å². The Morgan fingerprint density at radius 1 is 1.19 bits per heavy atom. The molecule has 0 aliphatic heterocycles. The van der Waals surface area contributed by atoms with E-state index in [1.807, 2.05) is 0 Å². The molecule has 2 atom stereocenters. The Labute approximate surface area is 101 Å². The molecule has 1 aliphatic carbocycles. The highest BCUT2D eigenvalue weighted by molar-refractivity contribution is 4.84. The van der Waals surface area contributed by atoms with Crippen molar-refractivity contribution < 1.29 is 5.11 Å². The fourth-order valence-corrected chi connectivity index (χ4v) is 2.75. The first-order valence-corrected chi connectivity index (χ1v) is 7.01. The Kier molecular flexibility index (Phi) is 5.77. The minimum atomic E-state index is 0.108. The highest BCUT2D eigenvalue weighted by atomic mass is 16.3. The van der Waals surface area contributed by atoms with Gasteiger partial charge in [-0.3, -0.25) is 0 Å². The highest BCUT2D eigenvalue weighted by Crippen LogP contribution is 2.28. The van der Waals surface area contributed by atoms with E-state index < -0.39 is 0 Å². The lowest BCUT2D eigenvalue weighted by molar-refractivity contribution is 0.103. The van der Waals surface area contributed by atoms with Gasteiger partial charge >= 0.3 is 0 Å². The molecular weight excluding hydrogens is 198 g/mol. The largest absolute Gasteiger partial charge is 0.396 e. The van der Waals surface area contributed by atoms with Crippen molar-refractivity contribution in [2.45, 2.75) is 65.3 Å². The van der Waals surface area contributed by atoms with Crippen molar-refractivity contribution in [3.63, 3.8) is 0 Å². The summed E-state index contributed by atoms with van der Waals surface area (Å²) in [6, 6.07) is 0.678. The topological polar surface area (TPSA) is 32.3 Å². The molecule has 0 heterocycles. The van der Waals surface area contributed by atoms with Gasteiger partial charge in [0.1, 0.15) is 0 Å². The van der Waals surface area contributed by atoms with Crippen molar-refractivity contribution in [2.24, 2.45) is 11.3 Å². The standard InChI is InChI=1S/C14H29NO/c1-4-14(5-2,11-16)10-15-13-9-7-6-8-12(13)3/h12-13,15-16H,4-11H2,1-3H3. The molecule has 2 unspecified atom stereocenters. The van der Waals surface area contributed by atoms with Crippen LogP contribution in [0.2, 0.25) is 0 Å². The molecule has 2 heteroatoms. The third-order valence-corrected chi connectivity index (χ3v) is 4.69. The molecule has 1 fully saturated rings. The lowest BCUT2D eigenvalue weighted by Crippen LogP contribution is -2.45. The van der Waals surface area contributed by atoms with Gasteiger partial charge in [0.15, 0.2) is 0 Å². The van der Waals surface area contributed by atoms with Crippen molar-refractivity contribution >= 4 is 0 Å². The summed E-state index contributed by atoms with van der Waals surface area (Å²) in [5.41, 5.74) is 0.108. The molecule has 0 bridgehead atoms. The maximum Gasteiger partial charge on any atom is 0.0499 e. The molecule has 0 aromatic carbocycles. The Hall–Kier alpha value is -0.0800. The van der Waals surface area contributed by atoms with E-state index in [0.717, 1.165) is 25.3 Å². The van der Waals surface area contributed by atoms with E-state index in [2.05, 4.69) is 26.1 Å². The van der Waals surface area contributed by atoms with E-state index in [0.29, 0.717) is 12.6 Å². The maximum absolute atomic E-state index is 9.53. The van der Waals surface area contributed by atoms with Crippen LogP contribution in [0.1, 0.15) is 59.3 Å². The molecule has 0 aromatic rings. The molecule has 0 saturated heterocycles. The molecule has 0 radical (unpaired) electrons. The minimum Gasteiger partial charge on any atom is -0.396 e. The summed E-state index contributed by atoms with van der Waals surface area (Å²) in [4.78, 5) is 0. The van der Waals surface area contributed by atoms with E-state index in [9.17, 15) is 5.11 Å². The summed E-state index contributed by atoms with van der Waals surface area (Å²) in [6.07, 6.45) is 7.57. The van der Waals surface area contributed by atoms with Crippen LogP contribution in [-0.2, 0) is 0 Å².